The van der Waals surface area contributed by atoms with Crippen molar-refractivity contribution in [1.29, 1.82) is 0 Å². The fraction of sp³-hybridized carbons (Fsp3) is 0.267. The summed E-state index contributed by atoms with van der Waals surface area (Å²) in [6, 6.07) is 11.0. The van der Waals surface area contributed by atoms with E-state index in [0.29, 0.717) is 15.8 Å². The molecule has 0 fully saturated rings. The summed E-state index contributed by atoms with van der Waals surface area (Å²) in [6.45, 7) is 0.352. The summed E-state index contributed by atoms with van der Waals surface area (Å²) >= 11 is 7.07. The molecule has 1 heterocycles. The number of carbonyl (C=O) groups excluding carboxylic acids is 1. The maximum Gasteiger partial charge on any atom is 0.261 e. The fourth-order valence-corrected chi connectivity index (χ4v) is 2.92. The van der Waals surface area contributed by atoms with E-state index < -0.39 is 0 Å². The van der Waals surface area contributed by atoms with Gasteiger partial charge in [-0.3, -0.25) is 4.79 Å². The molecule has 1 unspecified atom stereocenters. The van der Waals surface area contributed by atoms with Gasteiger partial charge in [-0.25, -0.2) is 0 Å². The van der Waals surface area contributed by atoms with E-state index >= 15 is 0 Å². The lowest BCUT2D eigenvalue weighted by molar-refractivity contribution is 0.0822. The van der Waals surface area contributed by atoms with Gasteiger partial charge in [0.1, 0.15) is 11.9 Å². The second-order valence-corrected chi connectivity index (χ2v) is 6.00. The standard InChI is InChI=1S/C15H16ClNO3S/c1-19-11-6-4-3-5-10(11)12(20-2)9-17-15(18)13-7-8-14(16)21-13/h3-8,12H,9H2,1-2H3,(H,17,18). The second kappa shape index (κ2) is 7.45. The van der Waals surface area contributed by atoms with Crippen LogP contribution >= 0.6 is 22.9 Å². The number of nitrogens with one attached hydrogen (secondary N) is 1. The van der Waals surface area contributed by atoms with E-state index in [2.05, 4.69) is 5.32 Å². The molecule has 21 heavy (non-hydrogen) atoms. The number of ether oxygens (including phenoxy) is 2. The van der Waals surface area contributed by atoms with Crippen LogP contribution in [-0.2, 0) is 4.74 Å². The summed E-state index contributed by atoms with van der Waals surface area (Å²) in [7, 11) is 3.21. The zero-order chi connectivity index (χ0) is 15.2. The molecule has 0 aliphatic carbocycles. The van der Waals surface area contributed by atoms with Crippen molar-refractivity contribution in [1.82, 2.24) is 5.32 Å². The van der Waals surface area contributed by atoms with Gasteiger partial charge < -0.3 is 14.8 Å². The summed E-state index contributed by atoms with van der Waals surface area (Å²) < 4.78 is 11.4. The van der Waals surface area contributed by atoms with E-state index in [0.717, 1.165) is 11.3 Å². The third kappa shape index (κ3) is 3.97. The fourth-order valence-electron chi connectivity index (χ4n) is 1.96. The van der Waals surface area contributed by atoms with Crippen molar-refractivity contribution in [2.75, 3.05) is 20.8 Å². The van der Waals surface area contributed by atoms with Gasteiger partial charge in [0, 0.05) is 19.2 Å². The van der Waals surface area contributed by atoms with Gasteiger partial charge >= 0.3 is 0 Å². The zero-order valence-corrected chi connectivity index (χ0v) is 13.3. The van der Waals surface area contributed by atoms with Crippen LogP contribution in [0.1, 0.15) is 21.3 Å². The average molecular weight is 326 g/mol. The molecular formula is C15H16ClNO3S. The molecule has 1 atom stereocenters. The first-order valence-corrected chi connectivity index (χ1v) is 7.54. The predicted octanol–water partition coefficient (Wildman–Crippen LogP) is 3.53. The summed E-state index contributed by atoms with van der Waals surface area (Å²) in [5, 5.41) is 2.85. The Morgan fingerprint density at radius 3 is 2.67 bits per heavy atom. The summed E-state index contributed by atoms with van der Waals surface area (Å²) in [5.41, 5.74) is 0.895. The summed E-state index contributed by atoms with van der Waals surface area (Å²) in [4.78, 5) is 12.6. The van der Waals surface area contributed by atoms with Gasteiger partial charge in [0.05, 0.1) is 16.3 Å². The third-order valence-corrected chi connectivity index (χ3v) is 4.25. The van der Waals surface area contributed by atoms with Gasteiger partial charge in [-0.2, -0.15) is 0 Å². The van der Waals surface area contributed by atoms with Crippen molar-refractivity contribution in [3.8, 4) is 5.75 Å². The highest BCUT2D eigenvalue weighted by atomic mass is 35.5. The van der Waals surface area contributed by atoms with Crippen molar-refractivity contribution in [3.63, 3.8) is 0 Å². The Labute approximate surface area is 132 Å². The molecule has 0 bridgehead atoms. The summed E-state index contributed by atoms with van der Waals surface area (Å²) in [6.07, 6.45) is -0.277. The van der Waals surface area contributed by atoms with Crippen LogP contribution in [-0.4, -0.2) is 26.7 Å². The topological polar surface area (TPSA) is 47.6 Å². The zero-order valence-electron chi connectivity index (χ0n) is 11.8. The molecule has 1 aromatic heterocycles. The maximum absolute atomic E-state index is 12.0. The van der Waals surface area contributed by atoms with Crippen LogP contribution in [0.15, 0.2) is 36.4 Å². The molecule has 0 saturated heterocycles. The minimum absolute atomic E-state index is 0.163. The SMILES string of the molecule is COc1ccccc1C(CNC(=O)c1ccc(Cl)s1)OC. The number of halogens is 1. The van der Waals surface area contributed by atoms with Crippen LogP contribution in [0, 0.1) is 0 Å². The van der Waals surface area contributed by atoms with E-state index in [1.54, 1.807) is 26.4 Å². The highest BCUT2D eigenvalue weighted by molar-refractivity contribution is 7.17. The molecule has 0 radical (unpaired) electrons. The second-order valence-electron chi connectivity index (χ2n) is 4.28. The first-order chi connectivity index (χ1) is 10.2. The number of amides is 1. The van der Waals surface area contributed by atoms with Crippen LogP contribution in [0.4, 0.5) is 0 Å². The molecule has 4 nitrogen and oxygen atoms in total. The Balaban J connectivity index is 2.04. The molecule has 1 N–H and O–H groups in total. The molecule has 0 spiro atoms. The molecular weight excluding hydrogens is 310 g/mol. The Bertz CT molecular complexity index is 614. The lowest BCUT2D eigenvalue weighted by Gasteiger charge is -2.18. The van der Waals surface area contributed by atoms with E-state index in [-0.39, 0.29) is 12.0 Å². The van der Waals surface area contributed by atoms with Crippen LogP contribution in [0.25, 0.3) is 0 Å². The van der Waals surface area contributed by atoms with Crippen molar-refractivity contribution < 1.29 is 14.3 Å². The molecule has 1 aromatic carbocycles. The quantitative estimate of drug-likeness (QED) is 0.884. The van der Waals surface area contributed by atoms with Crippen LogP contribution in [0.5, 0.6) is 5.75 Å². The van der Waals surface area contributed by atoms with Crippen molar-refractivity contribution in [3.05, 3.63) is 51.2 Å². The molecule has 2 aromatic rings. The van der Waals surface area contributed by atoms with Gasteiger partial charge in [-0.1, -0.05) is 29.8 Å². The smallest absolute Gasteiger partial charge is 0.261 e. The van der Waals surface area contributed by atoms with E-state index in [4.69, 9.17) is 21.1 Å². The summed E-state index contributed by atoms with van der Waals surface area (Å²) in [5.74, 6) is 0.571. The van der Waals surface area contributed by atoms with Gasteiger partial charge in [0.2, 0.25) is 0 Å². The molecule has 0 aliphatic heterocycles. The Morgan fingerprint density at radius 1 is 1.29 bits per heavy atom. The molecule has 0 aliphatic rings. The molecule has 1 amide bonds. The lowest BCUT2D eigenvalue weighted by Crippen LogP contribution is -2.28. The number of hydrogen-bond donors (Lipinski definition) is 1. The number of methoxy groups -OCH3 is 2. The lowest BCUT2D eigenvalue weighted by atomic mass is 10.1. The van der Waals surface area contributed by atoms with Crippen LogP contribution in [0.2, 0.25) is 4.34 Å². The largest absolute Gasteiger partial charge is 0.496 e. The molecule has 0 saturated carbocycles. The van der Waals surface area contributed by atoms with Gasteiger partial charge in [-0.05, 0) is 18.2 Å². The van der Waals surface area contributed by atoms with E-state index in [1.165, 1.54) is 11.3 Å². The van der Waals surface area contributed by atoms with Crippen molar-refractivity contribution in [2.24, 2.45) is 0 Å². The van der Waals surface area contributed by atoms with Gasteiger partial charge in [0.25, 0.3) is 5.91 Å². The number of carbonyl (C=O) groups is 1. The Hall–Kier alpha value is -1.56. The molecule has 112 valence electrons. The number of para-hydroxylation sites is 1. The van der Waals surface area contributed by atoms with Crippen molar-refractivity contribution in [2.45, 2.75) is 6.10 Å². The molecule has 6 heteroatoms. The number of rotatable bonds is 6. The Morgan fingerprint density at radius 2 is 2.05 bits per heavy atom. The normalized spacial score (nSPS) is 12.0. The van der Waals surface area contributed by atoms with E-state index in [1.807, 2.05) is 24.3 Å². The average Bonchev–Trinajstić information content (AvgIpc) is 2.94. The van der Waals surface area contributed by atoms with Crippen LogP contribution < -0.4 is 10.1 Å². The highest BCUT2D eigenvalue weighted by Gasteiger charge is 2.17. The highest BCUT2D eigenvalue weighted by Crippen LogP contribution is 2.27. The minimum Gasteiger partial charge on any atom is -0.496 e. The number of benzene rings is 1. The van der Waals surface area contributed by atoms with Crippen LogP contribution in [0.3, 0.4) is 0 Å². The first kappa shape index (κ1) is 15.8. The van der Waals surface area contributed by atoms with E-state index in [9.17, 15) is 4.79 Å². The van der Waals surface area contributed by atoms with Crippen molar-refractivity contribution >= 4 is 28.8 Å². The predicted molar refractivity (Wildman–Crippen MR) is 84.4 cm³/mol. The van der Waals surface area contributed by atoms with Gasteiger partial charge in [0.15, 0.2) is 0 Å². The maximum atomic E-state index is 12.0. The third-order valence-electron chi connectivity index (χ3n) is 3.02. The first-order valence-electron chi connectivity index (χ1n) is 6.35. The minimum atomic E-state index is -0.277. The number of hydrogen-bond acceptors (Lipinski definition) is 4. The monoisotopic (exact) mass is 325 g/mol. The Kier molecular flexibility index (Phi) is 5.61. The molecule has 2 rings (SSSR count). The number of thiophene rings is 1. The van der Waals surface area contributed by atoms with Gasteiger partial charge in [-0.15, -0.1) is 11.3 Å².